The van der Waals surface area contributed by atoms with Gasteiger partial charge in [-0.1, -0.05) is 54.6 Å². The van der Waals surface area contributed by atoms with Gasteiger partial charge >= 0.3 is 5.97 Å². The van der Waals surface area contributed by atoms with E-state index in [4.69, 9.17) is 5.11 Å². The molecule has 0 aliphatic rings. The summed E-state index contributed by atoms with van der Waals surface area (Å²) in [7, 11) is 0. The second kappa shape index (κ2) is 5.78. The van der Waals surface area contributed by atoms with Crippen LogP contribution in [0.2, 0.25) is 0 Å². The van der Waals surface area contributed by atoms with Crippen LogP contribution in [0, 0.1) is 0 Å². The van der Waals surface area contributed by atoms with Gasteiger partial charge in [0.25, 0.3) is 0 Å². The van der Waals surface area contributed by atoms with Gasteiger partial charge in [-0.05, 0) is 17.2 Å². The van der Waals surface area contributed by atoms with Crippen molar-refractivity contribution < 1.29 is 14.7 Å². The first-order chi connectivity index (χ1) is 9.16. The van der Waals surface area contributed by atoms with Gasteiger partial charge in [0.2, 0.25) is 0 Å². The molecule has 3 heteroatoms. The van der Waals surface area contributed by atoms with Crippen LogP contribution in [0.3, 0.4) is 0 Å². The van der Waals surface area contributed by atoms with E-state index < -0.39 is 5.97 Å². The van der Waals surface area contributed by atoms with Crippen LogP contribution in [0.15, 0.2) is 66.7 Å². The third-order valence-corrected chi connectivity index (χ3v) is 2.65. The first kappa shape index (κ1) is 12.8. The molecule has 0 unspecified atom stereocenters. The Balaban J connectivity index is 2.19. The second-order valence-electron chi connectivity index (χ2n) is 3.98. The molecule has 0 atom stereocenters. The van der Waals surface area contributed by atoms with Crippen LogP contribution < -0.4 is 0 Å². The maximum Gasteiger partial charge on any atom is 0.328 e. The SMILES string of the molecule is O=C(O)/C=C\C(=O)c1ccc(-c2ccccc2)cc1. The number of carboxylic acid groups (broad SMARTS) is 1. The lowest BCUT2D eigenvalue weighted by atomic mass is 10.0. The molecule has 0 aliphatic carbocycles. The van der Waals surface area contributed by atoms with E-state index in [0.29, 0.717) is 5.56 Å². The summed E-state index contributed by atoms with van der Waals surface area (Å²) in [5, 5.41) is 8.46. The third kappa shape index (κ3) is 3.39. The molecule has 0 fully saturated rings. The average Bonchev–Trinajstić information content (AvgIpc) is 2.46. The summed E-state index contributed by atoms with van der Waals surface area (Å²) in [6.07, 6.45) is 1.90. The van der Waals surface area contributed by atoms with Crippen molar-refractivity contribution in [2.45, 2.75) is 0 Å². The van der Waals surface area contributed by atoms with E-state index in [2.05, 4.69) is 0 Å². The van der Waals surface area contributed by atoms with Crippen molar-refractivity contribution in [1.29, 1.82) is 0 Å². The molecule has 0 radical (unpaired) electrons. The Labute approximate surface area is 110 Å². The molecule has 0 bridgehead atoms. The third-order valence-electron chi connectivity index (χ3n) is 2.65. The lowest BCUT2D eigenvalue weighted by Crippen LogP contribution is -1.96. The van der Waals surface area contributed by atoms with E-state index in [9.17, 15) is 9.59 Å². The van der Waals surface area contributed by atoms with Gasteiger partial charge < -0.3 is 5.11 Å². The summed E-state index contributed by atoms with van der Waals surface area (Å²) < 4.78 is 0. The molecule has 94 valence electrons. The molecule has 0 aliphatic heterocycles. The highest BCUT2D eigenvalue weighted by molar-refractivity contribution is 6.07. The number of hydrogen-bond acceptors (Lipinski definition) is 2. The summed E-state index contributed by atoms with van der Waals surface area (Å²) in [4.78, 5) is 22.0. The molecule has 0 amide bonds. The first-order valence-corrected chi connectivity index (χ1v) is 5.77. The van der Waals surface area contributed by atoms with Crippen molar-refractivity contribution in [1.82, 2.24) is 0 Å². The van der Waals surface area contributed by atoms with Gasteiger partial charge in [-0.15, -0.1) is 0 Å². The zero-order chi connectivity index (χ0) is 13.7. The number of allylic oxidation sites excluding steroid dienone is 1. The van der Waals surface area contributed by atoms with Gasteiger partial charge in [-0.2, -0.15) is 0 Å². The Morgan fingerprint density at radius 3 is 1.95 bits per heavy atom. The lowest BCUT2D eigenvalue weighted by Gasteiger charge is -2.02. The molecule has 2 rings (SSSR count). The minimum atomic E-state index is -1.13. The van der Waals surface area contributed by atoms with Crippen molar-refractivity contribution in [3.8, 4) is 11.1 Å². The number of hydrogen-bond donors (Lipinski definition) is 1. The zero-order valence-electron chi connectivity index (χ0n) is 10.1. The highest BCUT2D eigenvalue weighted by atomic mass is 16.4. The molecule has 0 saturated carbocycles. The van der Waals surface area contributed by atoms with Crippen molar-refractivity contribution in [3.63, 3.8) is 0 Å². The van der Waals surface area contributed by atoms with Crippen LogP contribution in [-0.4, -0.2) is 16.9 Å². The van der Waals surface area contributed by atoms with Gasteiger partial charge in [0.15, 0.2) is 5.78 Å². The molecular weight excluding hydrogens is 240 g/mol. The Morgan fingerprint density at radius 2 is 1.37 bits per heavy atom. The minimum Gasteiger partial charge on any atom is -0.478 e. The maximum absolute atomic E-state index is 11.6. The van der Waals surface area contributed by atoms with E-state index in [1.54, 1.807) is 12.1 Å². The van der Waals surface area contributed by atoms with Crippen molar-refractivity contribution in [2.24, 2.45) is 0 Å². The van der Waals surface area contributed by atoms with E-state index in [0.717, 1.165) is 23.3 Å². The Kier molecular flexibility index (Phi) is 3.88. The summed E-state index contributed by atoms with van der Waals surface area (Å²) in [5.74, 6) is -1.45. The number of rotatable bonds is 4. The Bertz CT molecular complexity index is 610. The number of carboxylic acids is 1. The number of carbonyl (C=O) groups is 2. The van der Waals surface area contributed by atoms with Gasteiger partial charge in [0.05, 0.1) is 0 Å². The highest BCUT2D eigenvalue weighted by Crippen LogP contribution is 2.19. The van der Waals surface area contributed by atoms with Crippen LogP contribution >= 0.6 is 0 Å². The average molecular weight is 252 g/mol. The monoisotopic (exact) mass is 252 g/mol. The first-order valence-electron chi connectivity index (χ1n) is 5.77. The van der Waals surface area contributed by atoms with Crippen LogP contribution in [0.5, 0.6) is 0 Å². The normalized spacial score (nSPS) is 10.5. The van der Waals surface area contributed by atoms with Crippen LogP contribution in [0.4, 0.5) is 0 Å². The summed E-state index contributed by atoms with van der Waals surface area (Å²) in [6, 6.07) is 16.9. The van der Waals surface area contributed by atoms with Crippen LogP contribution in [-0.2, 0) is 4.79 Å². The minimum absolute atomic E-state index is 0.318. The molecule has 19 heavy (non-hydrogen) atoms. The topological polar surface area (TPSA) is 54.4 Å². The molecule has 0 aromatic heterocycles. The number of aliphatic carboxylic acids is 1. The number of carbonyl (C=O) groups excluding carboxylic acids is 1. The zero-order valence-corrected chi connectivity index (χ0v) is 10.1. The van der Waals surface area contributed by atoms with Crippen molar-refractivity contribution in [3.05, 3.63) is 72.3 Å². The second-order valence-corrected chi connectivity index (χ2v) is 3.98. The molecular formula is C16H12O3. The fourth-order valence-electron chi connectivity index (χ4n) is 1.70. The van der Waals surface area contributed by atoms with Crippen molar-refractivity contribution in [2.75, 3.05) is 0 Å². The molecule has 2 aromatic carbocycles. The number of ketones is 1. The summed E-state index contributed by atoms with van der Waals surface area (Å²) in [6.45, 7) is 0. The van der Waals surface area contributed by atoms with E-state index in [1.165, 1.54) is 0 Å². The molecule has 3 nitrogen and oxygen atoms in total. The molecule has 0 heterocycles. The van der Waals surface area contributed by atoms with E-state index in [1.807, 2.05) is 42.5 Å². The predicted molar refractivity (Wildman–Crippen MR) is 73.0 cm³/mol. The highest BCUT2D eigenvalue weighted by Gasteiger charge is 2.03. The van der Waals surface area contributed by atoms with Crippen molar-refractivity contribution >= 4 is 11.8 Å². The summed E-state index contributed by atoms with van der Waals surface area (Å²) >= 11 is 0. The molecule has 0 spiro atoms. The van der Waals surface area contributed by atoms with Crippen LogP contribution in [0.1, 0.15) is 10.4 Å². The van der Waals surface area contributed by atoms with Crippen LogP contribution in [0.25, 0.3) is 11.1 Å². The predicted octanol–water partition coefficient (Wildman–Crippen LogP) is 3.18. The fourth-order valence-corrected chi connectivity index (χ4v) is 1.70. The van der Waals surface area contributed by atoms with Gasteiger partial charge in [-0.25, -0.2) is 4.79 Å². The largest absolute Gasteiger partial charge is 0.478 e. The Morgan fingerprint density at radius 1 is 0.789 bits per heavy atom. The van der Waals surface area contributed by atoms with E-state index in [-0.39, 0.29) is 5.78 Å². The molecule has 0 saturated heterocycles. The fraction of sp³-hybridized carbons (Fsp3) is 0. The lowest BCUT2D eigenvalue weighted by molar-refractivity contribution is -0.131. The smallest absolute Gasteiger partial charge is 0.328 e. The molecule has 2 aromatic rings. The van der Waals surface area contributed by atoms with Gasteiger partial charge in [0.1, 0.15) is 0 Å². The molecule has 1 N–H and O–H groups in total. The van der Waals surface area contributed by atoms with Gasteiger partial charge in [0, 0.05) is 11.6 Å². The number of benzene rings is 2. The standard InChI is InChI=1S/C16H12O3/c17-15(10-11-16(18)19)14-8-6-13(7-9-14)12-4-2-1-3-5-12/h1-11H,(H,18,19)/b11-10-. The van der Waals surface area contributed by atoms with Gasteiger partial charge in [-0.3, -0.25) is 4.79 Å². The van der Waals surface area contributed by atoms with E-state index >= 15 is 0 Å². The summed E-state index contributed by atoms with van der Waals surface area (Å²) in [5.41, 5.74) is 2.55. The quantitative estimate of drug-likeness (QED) is 0.671. The Hall–Kier alpha value is -2.68. The maximum atomic E-state index is 11.6.